The van der Waals surface area contributed by atoms with Gasteiger partial charge in [0.15, 0.2) is 6.17 Å². The van der Waals surface area contributed by atoms with Crippen molar-refractivity contribution in [2.24, 2.45) is 0 Å². The Morgan fingerprint density at radius 2 is 1.79 bits per heavy atom. The molecule has 1 aromatic carbocycles. The number of rotatable bonds is 7. The summed E-state index contributed by atoms with van der Waals surface area (Å²) in [6.45, 7) is -1.33. The van der Waals surface area contributed by atoms with Crippen molar-refractivity contribution in [2.45, 2.75) is 54.9 Å². The van der Waals surface area contributed by atoms with Crippen LogP contribution in [0.1, 0.15) is 57.8 Å². The van der Waals surface area contributed by atoms with Gasteiger partial charge in [0.1, 0.15) is 5.82 Å². The summed E-state index contributed by atoms with van der Waals surface area (Å²) in [7, 11) is -4.56. The molecular formula is C29H23F5N4O4S. The summed E-state index contributed by atoms with van der Waals surface area (Å²) in [6.07, 6.45) is -2.58. The summed E-state index contributed by atoms with van der Waals surface area (Å²) in [5.74, 6) is -1.90. The molecule has 0 bridgehead atoms. The minimum atomic E-state index is -4.56. The molecule has 0 unspecified atom stereocenters. The van der Waals surface area contributed by atoms with E-state index in [0.29, 0.717) is 33.7 Å². The van der Waals surface area contributed by atoms with E-state index in [2.05, 4.69) is 20.3 Å². The Morgan fingerprint density at radius 1 is 1.05 bits per heavy atom. The van der Waals surface area contributed by atoms with Crippen molar-refractivity contribution in [3.05, 3.63) is 82.6 Å². The zero-order chi connectivity index (χ0) is 30.5. The number of sulfone groups is 1. The van der Waals surface area contributed by atoms with Crippen LogP contribution in [0.3, 0.4) is 0 Å². The van der Waals surface area contributed by atoms with Gasteiger partial charge in [0.05, 0.1) is 52.9 Å². The first-order valence-electron chi connectivity index (χ1n) is 13.3. The Hall–Kier alpha value is -4.04. The minimum absolute atomic E-state index is 0.0771. The molecule has 8 nitrogen and oxygen atoms in total. The number of carbonyl (C=O) groups is 1. The fraction of sp³-hybridized carbons (Fsp3) is 0.310. The SMILES string of the molecule is O=C(NCc1cc2nc(-c3ccc([C@H](F)C(F)F)c(C4CC4)n3)ccc2cn1)c1cc(F)c2c(c1)S(=O)(=O)[C@@H](F)COC2. The highest BCUT2D eigenvalue weighted by Crippen LogP contribution is 2.44. The van der Waals surface area contributed by atoms with Gasteiger partial charge >= 0.3 is 0 Å². The Bertz CT molecular complexity index is 1850. The fourth-order valence-electron chi connectivity index (χ4n) is 4.87. The van der Waals surface area contributed by atoms with Crippen LogP contribution in [0, 0.1) is 5.82 Å². The lowest BCUT2D eigenvalue weighted by Gasteiger charge is -2.14. The van der Waals surface area contributed by atoms with Crippen molar-refractivity contribution in [2.75, 3.05) is 6.61 Å². The van der Waals surface area contributed by atoms with Gasteiger partial charge in [-0.3, -0.25) is 14.8 Å². The maximum Gasteiger partial charge on any atom is 0.273 e. The van der Waals surface area contributed by atoms with Gasteiger partial charge in [-0.05, 0) is 49.2 Å². The Balaban J connectivity index is 1.23. The first kappa shape index (κ1) is 29.1. The highest BCUT2D eigenvalue weighted by molar-refractivity contribution is 7.92. The number of nitrogens with one attached hydrogen (secondary N) is 1. The molecule has 1 saturated carbocycles. The Kier molecular flexibility index (Phi) is 7.59. The van der Waals surface area contributed by atoms with Crippen molar-refractivity contribution < 1.29 is 39.9 Å². The van der Waals surface area contributed by atoms with E-state index < -0.39 is 57.8 Å². The normalized spacial score (nSPS) is 18.7. The number of amides is 1. The molecule has 0 saturated heterocycles. The number of halogens is 5. The van der Waals surface area contributed by atoms with Crippen molar-refractivity contribution in [1.29, 1.82) is 0 Å². The molecule has 1 N–H and O–H groups in total. The zero-order valence-corrected chi connectivity index (χ0v) is 23.1. The summed E-state index contributed by atoms with van der Waals surface area (Å²) in [4.78, 5) is 25.5. The molecule has 6 rings (SSSR count). The second-order valence-corrected chi connectivity index (χ2v) is 12.4. The number of alkyl halides is 4. The third-order valence-electron chi connectivity index (χ3n) is 7.32. The van der Waals surface area contributed by atoms with E-state index in [1.165, 1.54) is 18.3 Å². The third kappa shape index (κ3) is 5.68. The van der Waals surface area contributed by atoms with Crippen LogP contribution in [0.2, 0.25) is 0 Å². The Morgan fingerprint density at radius 3 is 2.53 bits per heavy atom. The Labute approximate surface area is 242 Å². The number of hydrogen-bond donors (Lipinski definition) is 1. The molecule has 1 fully saturated rings. The largest absolute Gasteiger partial charge is 0.372 e. The van der Waals surface area contributed by atoms with E-state index in [1.54, 1.807) is 18.2 Å². The molecule has 2 atom stereocenters. The number of fused-ring (bicyclic) bond motifs is 2. The summed E-state index contributed by atoms with van der Waals surface area (Å²) in [5, 5.41) is 3.20. The van der Waals surface area contributed by atoms with E-state index in [1.807, 2.05) is 0 Å². The summed E-state index contributed by atoms with van der Waals surface area (Å²) >= 11 is 0. The standard InChI is InChI=1S/C29H23F5N4O4S/c30-20-7-16(8-24-19(20)12-42-13-25(31)43(24,40)41)29(39)36-11-17-9-23-15(10-35-17)3-5-21(37-23)22-6-4-18(26(32)28(33)34)27(38-22)14-1-2-14/h3-10,14,25-26,28H,1-2,11-13H2,(H,36,39)/t25-,26+/m1/s1. The van der Waals surface area contributed by atoms with Crippen molar-refractivity contribution in [3.8, 4) is 11.4 Å². The molecule has 0 radical (unpaired) electrons. The molecule has 3 aromatic heterocycles. The predicted molar refractivity (Wildman–Crippen MR) is 144 cm³/mol. The number of nitrogens with zero attached hydrogens (tertiary/aromatic N) is 3. The summed E-state index contributed by atoms with van der Waals surface area (Å²) < 4.78 is 99.0. The van der Waals surface area contributed by atoms with Gasteiger partial charge in [-0.2, -0.15) is 0 Å². The molecule has 0 spiro atoms. The molecule has 4 heterocycles. The molecule has 1 amide bonds. The van der Waals surface area contributed by atoms with Crippen molar-refractivity contribution in [1.82, 2.24) is 20.3 Å². The minimum Gasteiger partial charge on any atom is -0.372 e. The number of benzene rings is 1. The molecule has 4 aromatic rings. The number of ether oxygens (including phenoxy) is 1. The lowest BCUT2D eigenvalue weighted by Crippen LogP contribution is -2.25. The number of carbonyl (C=O) groups excluding carboxylic acids is 1. The smallest absolute Gasteiger partial charge is 0.273 e. The van der Waals surface area contributed by atoms with E-state index in [4.69, 9.17) is 4.74 Å². The number of aromatic nitrogens is 3. The maximum atomic E-state index is 14.7. The lowest BCUT2D eigenvalue weighted by molar-refractivity contribution is 0.0488. The molecule has 1 aliphatic heterocycles. The molecule has 14 heteroatoms. The van der Waals surface area contributed by atoms with Gasteiger partial charge in [-0.1, -0.05) is 6.07 Å². The van der Waals surface area contributed by atoms with Crippen LogP contribution in [0.5, 0.6) is 0 Å². The lowest BCUT2D eigenvalue weighted by atomic mass is 10.0. The second kappa shape index (κ2) is 11.2. The number of hydrogen-bond acceptors (Lipinski definition) is 7. The topological polar surface area (TPSA) is 111 Å². The highest BCUT2D eigenvalue weighted by Gasteiger charge is 2.35. The molecule has 1 aliphatic carbocycles. The third-order valence-corrected chi connectivity index (χ3v) is 9.10. The van der Waals surface area contributed by atoms with Crippen LogP contribution >= 0.6 is 0 Å². The van der Waals surface area contributed by atoms with Gasteiger partial charge in [0.2, 0.25) is 15.3 Å². The van der Waals surface area contributed by atoms with Crippen molar-refractivity contribution in [3.63, 3.8) is 0 Å². The quantitative estimate of drug-likeness (QED) is 0.272. The number of pyridine rings is 3. The van der Waals surface area contributed by atoms with Crippen LogP contribution in [0.25, 0.3) is 22.3 Å². The van der Waals surface area contributed by atoms with Crippen LogP contribution in [-0.4, -0.2) is 47.8 Å². The first-order chi connectivity index (χ1) is 20.5. The first-order valence-corrected chi connectivity index (χ1v) is 14.8. The highest BCUT2D eigenvalue weighted by atomic mass is 32.2. The average Bonchev–Trinajstić information content (AvgIpc) is 3.85. The molecule has 2 aliphatic rings. The monoisotopic (exact) mass is 618 g/mol. The van der Waals surface area contributed by atoms with Crippen LogP contribution in [-0.2, 0) is 27.7 Å². The maximum absolute atomic E-state index is 14.7. The van der Waals surface area contributed by atoms with Crippen LogP contribution < -0.4 is 5.32 Å². The van der Waals surface area contributed by atoms with E-state index in [0.717, 1.165) is 25.0 Å². The van der Waals surface area contributed by atoms with Gasteiger partial charge < -0.3 is 10.1 Å². The second-order valence-electron chi connectivity index (χ2n) is 10.3. The molecule has 224 valence electrons. The van der Waals surface area contributed by atoms with Gasteiger partial charge in [-0.25, -0.2) is 35.4 Å². The van der Waals surface area contributed by atoms with E-state index >= 15 is 0 Å². The summed E-state index contributed by atoms with van der Waals surface area (Å²) in [5.41, 5.74) is -1.21. The van der Waals surface area contributed by atoms with Gasteiger partial charge in [0.25, 0.3) is 12.3 Å². The van der Waals surface area contributed by atoms with Crippen LogP contribution in [0.4, 0.5) is 22.0 Å². The molecule has 43 heavy (non-hydrogen) atoms. The zero-order valence-electron chi connectivity index (χ0n) is 22.2. The van der Waals surface area contributed by atoms with E-state index in [9.17, 15) is 35.2 Å². The van der Waals surface area contributed by atoms with E-state index in [-0.39, 0.29) is 29.2 Å². The fourth-order valence-corrected chi connectivity index (χ4v) is 6.21. The molecular weight excluding hydrogens is 595 g/mol. The van der Waals surface area contributed by atoms with Gasteiger partial charge in [-0.15, -0.1) is 0 Å². The summed E-state index contributed by atoms with van der Waals surface area (Å²) in [6, 6.07) is 9.56. The van der Waals surface area contributed by atoms with Crippen molar-refractivity contribution >= 4 is 26.6 Å². The predicted octanol–water partition coefficient (Wildman–Crippen LogP) is 5.51. The van der Waals surface area contributed by atoms with Crippen LogP contribution in [0.15, 0.2) is 53.6 Å². The van der Waals surface area contributed by atoms with Gasteiger partial charge in [0, 0.05) is 34.2 Å². The average molecular weight is 619 g/mol.